The molecule has 7 heteroatoms. The average Bonchev–Trinajstić information content (AvgIpc) is 3.20. The average molecular weight is 471 g/mol. The topological polar surface area (TPSA) is 67.9 Å². The number of likely N-dealkylation sites (tertiary alicyclic amines) is 1. The standard InChI is InChI=1S/C26H31ClN2O4/c1-32-22-4-2-3-5-23(22)33-21-12-16-29(17-13-21)25(31)11-15-26(14-10-24(30)28-26)18-19-6-8-20(27)9-7-19/h2-9,21H,10-18H2,1H3,(H,28,30). The second kappa shape index (κ2) is 10.5. The molecule has 1 unspecified atom stereocenters. The zero-order valence-electron chi connectivity index (χ0n) is 19.0. The van der Waals surface area contributed by atoms with Crippen LogP contribution in [-0.4, -0.2) is 48.6 Å². The van der Waals surface area contributed by atoms with Crippen LogP contribution in [0.1, 0.15) is 44.1 Å². The van der Waals surface area contributed by atoms with Crippen molar-refractivity contribution in [1.82, 2.24) is 10.2 Å². The Balaban J connectivity index is 1.29. The number of piperidine rings is 1. The summed E-state index contributed by atoms with van der Waals surface area (Å²) in [4.78, 5) is 26.9. The summed E-state index contributed by atoms with van der Waals surface area (Å²) in [6.07, 6.45) is 4.66. The van der Waals surface area contributed by atoms with Crippen molar-refractivity contribution < 1.29 is 19.1 Å². The van der Waals surface area contributed by atoms with Gasteiger partial charge in [0.15, 0.2) is 11.5 Å². The van der Waals surface area contributed by atoms with Gasteiger partial charge in [-0.05, 0) is 49.1 Å². The number of para-hydroxylation sites is 2. The molecule has 6 nitrogen and oxygen atoms in total. The van der Waals surface area contributed by atoms with E-state index in [2.05, 4.69) is 5.32 Å². The van der Waals surface area contributed by atoms with Crippen molar-refractivity contribution in [2.24, 2.45) is 0 Å². The zero-order valence-corrected chi connectivity index (χ0v) is 19.8. The van der Waals surface area contributed by atoms with E-state index in [4.69, 9.17) is 21.1 Å². The maximum absolute atomic E-state index is 13.0. The molecule has 1 atom stereocenters. The van der Waals surface area contributed by atoms with E-state index in [1.807, 2.05) is 53.4 Å². The van der Waals surface area contributed by atoms with Gasteiger partial charge in [0.2, 0.25) is 11.8 Å². The van der Waals surface area contributed by atoms with Crippen LogP contribution in [0.15, 0.2) is 48.5 Å². The van der Waals surface area contributed by atoms with Gasteiger partial charge in [-0.2, -0.15) is 0 Å². The van der Waals surface area contributed by atoms with Crippen molar-refractivity contribution in [2.75, 3.05) is 20.2 Å². The summed E-state index contributed by atoms with van der Waals surface area (Å²) in [6, 6.07) is 15.3. The normalized spacial score (nSPS) is 21.0. The monoisotopic (exact) mass is 470 g/mol. The van der Waals surface area contributed by atoms with Crippen molar-refractivity contribution in [2.45, 2.75) is 56.6 Å². The Morgan fingerprint density at radius 3 is 2.45 bits per heavy atom. The Morgan fingerprint density at radius 1 is 1.12 bits per heavy atom. The minimum absolute atomic E-state index is 0.0608. The molecule has 4 rings (SSSR count). The number of carbonyl (C=O) groups is 2. The number of halogens is 1. The smallest absolute Gasteiger partial charge is 0.222 e. The number of hydrogen-bond donors (Lipinski definition) is 1. The summed E-state index contributed by atoms with van der Waals surface area (Å²) in [5, 5.41) is 3.85. The quantitative estimate of drug-likeness (QED) is 0.621. The molecule has 0 saturated carbocycles. The third kappa shape index (κ3) is 5.99. The molecule has 2 heterocycles. The number of benzene rings is 2. The number of rotatable bonds is 8. The Morgan fingerprint density at radius 2 is 1.82 bits per heavy atom. The fraction of sp³-hybridized carbons (Fsp3) is 0.462. The molecule has 2 aromatic carbocycles. The Labute approximate surface area is 200 Å². The van der Waals surface area contributed by atoms with Crippen LogP contribution >= 0.6 is 11.6 Å². The SMILES string of the molecule is COc1ccccc1OC1CCN(C(=O)CCC2(Cc3ccc(Cl)cc3)CCC(=O)N2)CC1. The second-order valence-electron chi connectivity index (χ2n) is 8.98. The molecule has 2 aliphatic heterocycles. The number of hydrogen-bond acceptors (Lipinski definition) is 4. The molecule has 0 aliphatic carbocycles. The first-order valence-corrected chi connectivity index (χ1v) is 12.0. The third-order valence-electron chi connectivity index (χ3n) is 6.67. The lowest BCUT2D eigenvalue weighted by Gasteiger charge is -2.34. The van der Waals surface area contributed by atoms with Crippen molar-refractivity contribution in [3.8, 4) is 11.5 Å². The molecule has 0 radical (unpaired) electrons. The highest BCUT2D eigenvalue weighted by Crippen LogP contribution is 2.31. The lowest BCUT2D eigenvalue weighted by atomic mass is 9.85. The minimum Gasteiger partial charge on any atom is -0.493 e. The van der Waals surface area contributed by atoms with Crippen molar-refractivity contribution in [1.29, 1.82) is 0 Å². The highest BCUT2D eigenvalue weighted by atomic mass is 35.5. The number of ether oxygens (including phenoxy) is 2. The van der Waals surface area contributed by atoms with Crippen LogP contribution in [0.3, 0.4) is 0 Å². The van der Waals surface area contributed by atoms with Crippen LogP contribution in [-0.2, 0) is 16.0 Å². The molecular formula is C26H31ClN2O4. The molecular weight excluding hydrogens is 440 g/mol. The summed E-state index contributed by atoms with van der Waals surface area (Å²) in [5.74, 6) is 1.67. The first-order chi connectivity index (χ1) is 16.0. The van der Waals surface area contributed by atoms with Gasteiger partial charge < -0.3 is 19.7 Å². The van der Waals surface area contributed by atoms with E-state index >= 15 is 0 Å². The molecule has 0 bridgehead atoms. The molecule has 0 spiro atoms. The minimum atomic E-state index is -0.369. The van der Waals surface area contributed by atoms with Gasteiger partial charge in [-0.15, -0.1) is 0 Å². The maximum Gasteiger partial charge on any atom is 0.222 e. The van der Waals surface area contributed by atoms with Gasteiger partial charge in [-0.25, -0.2) is 0 Å². The van der Waals surface area contributed by atoms with Gasteiger partial charge in [0.05, 0.1) is 7.11 Å². The Hall–Kier alpha value is -2.73. The number of methoxy groups -OCH3 is 1. The van der Waals surface area contributed by atoms with E-state index in [1.165, 1.54) is 0 Å². The predicted molar refractivity (Wildman–Crippen MR) is 128 cm³/mol. The first-order valence-electron chi connectivity index (χ1n) is 11.6. The molecule has 2 aromatic rings. The molecule has 2 fully saturated rings. The highest BCUT2D eigenvalue weighted by Gasteiger charge is 2.38. The lowest BCUT2D eigenvalue weighted by Crippen LogP contribution is -2.46. The van der Waals surface area contributed by atoms with E-state index in [0.717, 1.165) is 36.3 Å². The number of nitrogens with one attached hydrogen (secondary N) is 1. The molecule has 2 saturated heterocycles. The number of nitrogens with zero attached hydrogens (tertiary/aromatic N) is 1. The van der Waals surface area contributed by atoms with E-state index in [9.17, 15) is 9.59 Å². The van der Waals surface area contributed by atoms with Gasteiger partial charge in [0.25, 0.3) is 0 Å². The van der Waals surface area contributed by atoms with Gasteiger partial charge in [-0.1, -0.05) is 35.9 Å². The van der Waals surface area contributed by atoms with Gasteiger partial charge >= 0.3 is 0 Å². The fourth-order valence-electron chi connectivity index (χ4n) is 4.80. The summed E-state index contributed by atoms with van der Waals surface area (Å²) in [7, 11) is 1.63. The summed E-state index contributed by atoms with van der Waals surface area (Å²) in [5.41, 5.74) is 0.745. The number of amides is 2. The molecule has 1 N–H and O–H groups in total. The largest absolute Gasteiger partial charge is 0.493 e. The predicted octanol–water partition coefficient (Wildman–Crippen LogP) is 4.39. The Bertz CT molecular complexity index is 973. The van der Waals surface area contributed by atoms with Gasteiger partial charge in [0, 0.05) is 49.3 Å². The Kier molecular flexibility index (Phi) is 7.43. The van der Waals surface area contributed by atoms with Gasteiger partial charge in [-0.3, -0.25) is 9.59 Å². The van der Waals surface area contributed by atoms with Crippen LogP contribution in [0, 0.1) is 0 Å². The first kappa shape index (κ1) is 23.4. The van der Waals surface area contributed by atoms with Crippen LogP contribution in [0.2, 0.25) is 5.02 Å². The van der Waals surface area contributed by atoms with E-state index in [0.29, 0.717) is 43.8 Å². The van der Waals surface area contributed by atoms with E-state index in [1.54, 1.807) is 7.11 Å². The third-order valence-corrected chi connectivity index (χ3v) is 6.92. The van der Waals surface area contributed by atoms with Crippen molar-refractivity contribution in [3.05, 3.63) is 59.1 Å². The van der Waals surface area contributed by atoms with E-state index < -0.39 is 0 Å². The van der Waals surface area contributed by atoms with Crippen molar-refractivity contribution in [3.63, 3.8) is 0 Å². The van der Waals surface area contributed by atoms with Crippen molar-refractivity contribution >= 4 is 23.4 Å². The van der Waals surface area contributed by atoms with Crippen LogP contribution < -0.4 is 14.8 Å². The molecule has 2 amide bonds. The molecule has 33 heavy (non-hydrogen) atoms. The second-order valence-corrected chi connectivity index (χ2v) is 9.42. The van der Waals surface area contributed by atoms with Gasteiger partial charge in [0.1, 0.15) is 6.10 Å². The molecule has 2 aliphatic rings. The maximum atomic E-state index is 13.0. The molecule has 176 valence electrons. The van der Waals surface area contributed by atoms with E-state index in [-0.39, 0.29) is 23.5 Å². The number of carbonyl (C=O) groups excluding carboxylic acids is 2. The summed E-state index contributed by atoms with van der Waals surface area (Å²) in [6.45, 7) is 1.35. The van der Waals surface area contributed by atoms with Crippen LogP contribution in [0.5, 0.6) is 11.5 Å². The summed E-state index contributed by atoms with van der Waals surface area (Å²) >= 11 is 6.01. The summed E-state index contributed by atoms with van der Waals surface area (Å²) < 4.78 is 11.5. The van der Waals surface area contributed by atoms with Crippen LogP contribution in [0.4, 0.5) is 0 Å². The molecule has 0 aromatic heterocycles. The fourth-order valence-corrected chi connectivity index (χ4v) is 4.92. The zero-order chi connectivity index (χ0) is 23.3. The lowest BCUT2D eigenvalue weighted by molar-refractivity contribution is -0.133. The highest BCUT2D eigenvalue weighted by molar-refractivity contribution is 6.30. The van der Waals surface area contributed by atoms with Crippen LogP contribution in [0.25, 0.3) is 0 Å².